The molecule has 0 amide bonds. The van der Waals surface area contributed by atoms with E-state index in [1.807, 2.05) is 18.2 Å². The zero-order valence-electron chi connectivity index (χ0n) is 26.9. The fourth-order valence-electron chi connectivity index (χ4n) is 6.75. The first-order chi connectivity index (χ1) is 23.0. The Labute approximate surface area is 276 Å². The van der Waals surface area contributed by atoms with Crippen molar-refractivity contribution in [3.8, 4) is 28.1 Å². The number of aliphatic hydroxyl groups is 1. The minimum atomic E-state index is -0.470. The third-order valence-electron chi connectivity index (χ3n) is 9.38. The summed E-state index contributed by atoms with van der Waals surface area (Å²) in [6.45, 7) is 3.01. The van der Waals surface area contributed by atoms with Crippen LogP contribution >= 0.6 is 0 Å². The lowest BCUT2D eigenvalue weighted by Gasteiger charge is -2.23. The lowest BCUT2D eigenvalue weighted by molar-refractivity contribution is 0.0140. The second kappa shape index (κ2) is 15.7. The predicted octanol–water partition coefficient (Wildman–Crippen LogP) is 6.49. The van der Waals surface area contributed by atoms with Gasteiger partial charge >= 0.3 is 0 Å². The van der Waals surface area contributed by atoms with Crippen LogP contribution in [0.3, 0.4) is 0 Å². The fourth-order valence-corrected chi connectivity index (χ4v) is 6.75. The van der Waals surface area contributed by atoms with Crippen LogP contribution in [-0.4, -0.2) is 53.7 Å². The molecule has 0 bridgehead atoms. The normalized spacial score (nSPS) is 17.5. The van der Waals surface area contributed by atoms with Gasteiger partial charge in [-0.05, 0) is 96.9 Å². The van der Waals surface area contributed by atoms with Crippen LogP contribution in [0.25, 0.3) is 22.3 Å². The number of halogens is 1. The van der Waals surface area contributed by atoms with E-state index in [0.29, 0.717) is 5.88 Å². The Morgan fingerprint density at radius 1 is 0.681 bits per heavy atom. The molecule has 47 heavy (non-hydrogen) atoms. The second-order valence-corrected chi connectivity index (χ2v) is 12.6. The quantitative estimate of drug-likeness (QED) is 0.171. The predicted molar refractivity (Wildman–Crippen MR) is 183 cm³/mol. The molecule has 0 spiro atoms. The van der Waals surface area contributed by atoms with Gasteiger partial charge in [0.2, 0.25) is 11.8 Å². The molecule has 8 rings (SSSR count). The molecular weight excluding hydrogens is 595 g/mol. The number of hydrogen-bond donors (Lipinski definition) is 3. The molecule has 9 heteroatoms. The Morgan fingerprint density at radius 2 is 1.21 bits per heavy atom. The highest BCUT2D eigenvalue weighted by Gasteiger charge is 2.19. The molecule has 2 fully saturated rings. The Bertz CT molecular complexity index is 1650. The molecule has 0 radical (unpaired) electrons. The summed E-state index contributed by atoms with van der Waals surface area (Å²) in [7, 11) is 0. The molecule has 4 aromatic rings. The summed E-state index contributed by atoms with van der Waals surface area (Å²) in [6, 6.07) is 15.6. The van der Waals surface area contributed by atoms with Crippen molar-refractivity contribution >= 4 is 11.4 Å². The molecule has 0 atom stereocenters. The number of nitrogens with two attached hydrogens (primary N) is 2. The van der Waals surface area contributed by atoms with Gasteiger partial charge in [0.25, 0.3) is 0 Å². The third-order valence-corrected chi connectivity index (χ3v) is 9.38. The molecule has 0 saturated carbocycles. The monoisotopic (exact) mass is 640 g/mol. The van der Waals surface area contributed by atoms with Crippen LogP contribution in [-0.2, 0) is 35.2 Å². The van der Waals surface area contributed by atoms with Gasteiger partial charge in [-0.2, -0.15) is 4.39 Å². The summed E-state index contributed by atoms with van der Waals surface area (Å²) in [6.07, 6.45) is 13.6. The number of hydrogen-bond acceptors (Lipinski definition) is 8. The van der Waals surface area contributed by atoms with Crippen LogP contribution in [0.1, 0.15) is 60.8 Å². The molecule has 0 unspecified atom stereocenters. The van der Waals surface area contributed by atoms with Gasteiger partial charge in [-0.15, -0.1) is 0 Å². The Balaban J connectivity index is 0.000000141. The second-order valence-electron chi connectivity index (χ2n) is 12.6. The van der Waals surface area contributed by atoms with E-state index in [2.05, 4.69) is 28.2 Å². The summed E-state index contributed by atoms with van der Waals surface area (Å²) in [5.74, 6) is 0.205. The third kappa shape index (κ3) is 8.27. The number of pyridine rings is 2. The molecule has 2 aromatic heterocycles. The fraction of sp³-hybridized carbons (Fsp3) is 0.421. The average Bonchev–Trinajstić information content (AvgIpc) is 3.78. The van der Waals surface area contributed by atoms with E-state index in [0.717, 1.165) is 118 Å². The Hall–Kier alpha value is -4.05. The van der Waals surface area contributed by atoms with Crippen molar-refractivity contribution in [1.29, 1.82) is 0 Å². The number of anilines is 2. The minimum Gasteiger partial charge on any atom is -0.474 e. The number of fused-ring (bicyclic) bond motifs is 2. The lowest BCUT2D eigenvalue weighted by Crippen LogP contribution is -2.26. The van der Waals surface area contributed by atoms with Crippen LogP contribution in [0.4, 0.5) is 15.8 Å². The lowest BCUT2D eigenvalue weighted by atomic mass is 9.98. The highest BCUT2D eigenvalue weighted by atomic mass is 19.1. The van der Waals surface area contributed by atoms with Gasteiger partial charge in [0.1, 0.15) is 6.10 Å². The van der Waals surface area contributed by atoms with Gasteiger partial charge in [0, 0.05) is 73.1 Å². The molecular formula is C38H45FN4O4. The first-order valence-corrected chi connectivity index (χ1v) is 16.8. The van der Waals surface area contributed by atoms with Crippen molar-refractivity contribution in [1.82, 2.24) is 9.97 Å². The van der Waals surface area contributed by atoms with E-state index >= 15 is 0 Å². The molecule has 5 N–H and O–H groups in total. The van der Waals surface area contributed by atoms with Crippen LogP contribution in [0, 0.1) is 5.95 Å². The minimum absolute atomic E-state index is 0.0891. The van der Waals surface area contributed by atoms with Gasteiger partial charge in [0.15, 0.2) is 0 Å². The van der Waals surface area contributed by atoms with E-state index in [-0.39, 0.29) is 12.2 Å². The van der Waals surface area contributed by atoms with Crippen LogP contribution in [0.2, 0.25) is 0 Å². The van der Waals surface area contributed by atoms with Crippen LogP contribution < -0.4 is 16.2 Å². The van der Waals surface area contributed by atoms with Gasteiger partial charge in [-0.3, -0.25) is 0 Å². The molecule has 8 nitrogen and oxygen atoms in total. The van der Waals surface area contributed by atoms with Gasteiger partial charge in [-0.25, -0.2) is 9.97 Å². The maximum absolute atomic E-state index is 13.1. The molecule has 4 aliphatic rings. The summed E-state index contributed by atoms with van der Waals surface area (Å²) in [4.78, 5) is 7.92. The number of aliphatic hydroxyl groups excluding tert-OH is 1. The molecule has 2 aliphatic carbocycles. The number of nitrogens with zero attached hydrogens (tertiary/aromatic N) is 2. The van der Waals surface area contributed by atoms with E-state index < -0.39 is 5.95 Å². The SMILES string of the molecule is Nc1c(-c2ccnc(F)c2)ccc2c1CCC2.Nc1c(-c2ccnc(OC3CCOCC3)c2)ccc2c1CCC2.OC1CCOCC1. The largest absolute Gasteiger partial charge is 0.474 e. The van der Waals surface area contributed by atoms with E-state index in [1.165, 1.54) is 40.9 Å². The smallest absolute Gasteiger partial charge is 0.214 e. The molecule has 4 heterocycles. The van der Waals surface area contributed by atoms with Crippen molar-refractivity contribution in [2.24, 2.45) is 0 Å². The number of benzene rings is 2. The Morgan fingerprint density at radius 3 is 1.74 bits per heavy atom. The van der Waals surface area contributed by atoms with E-state index in [4.69, 9.17) is 30.8 Å². The average molecular weight is 641 g/mol. The zero-order valence-corrected chi connectivity index (χ0v) is 26.9. The maximum Gasteiger partial charge on any atom is 0.214 e. The zero-order chi connectivity index (χ0) is 32.6. The summed E-state index contributed by atoms with van der Waals surface area (Å²) >= 11 is 0. The van der Waals surface area contributed by atoms with Gasteiger partial charge in [-0.1, -0.05) is 24.3 Å². The molecule has 2 aliphatic heterocycles. The molecule has 248 valence electrons. The van der Waals surface area contributed by atoms with Gasteiger partial charge < -0.3 is 30.8 Å². The first-order valence-electron chi connectivity index (χ1n) is 16.8. The number of aromatic nitrogens is 2. The Kier molecular flexibility index (Phi) is 11.0. The number of rotatable bonds is 4. The van der Waals surface area contributed by atoms with Crippen molar-refractivity contribution in [2.45, 2.75) is 76.4 Å². The van der Waals surface area contributed by atoms with E-state index in [1.54, 1.807) is 12.3 Å². The summed E-state index contributed by atoms with van der Waals surface area (Å²) < 4.78 is 29.5. The van der Waals surface area contributed by atoms with Crippen LogP contribution in [0.5, 0.6) is 5.88 Å². The van der Waals surface area contributed by atoms with Gasteiger partial charge in [0.05, 0.1) is 19.3 Å². The first kappa shape index (κ1) is 32.9. The number of aryl methyl sites for hydroxylation is 2. The number of ether oxygens (including phenoxy) is 3. The van der Waals surface area contributed by atoms with Crippen molar-refractivity contribution in [3.63, 3.8) is 0 Å². The highest BCUT2D eigenvalue weighted by molar-refractivity contribution is 5.81. The molecule has 2 saturated heterocycles. The number of nitrogen functional groups attached to an aromatic ring is 2. The maximum atomic E-state index is 13.1. The van der Waals surface area contributed by atoms with Crippen molar-refractivity contribution in [3.05, 3.63) is 89.1 Å². The highest BCUT2D eigenvalue weighted by Crippen LogP contribution is 2.37. The van der Waals surface area contributed by atoms with Crippen molar-refractivity contribution < 1.29 is 23.7 Å². The molecule has 2 aromatic carbocycles. The van der Waals surface area contributed by atoms with E-state index in [9.17, 15) is 4.39 Å². The topological polar surface area (TPSA) is 126 Å². The van der Waals surface area contributed by atoms with Crippen molar-refractivity contribution in [2.75, 3.05) is 37.9 Å². The standard InChI is InChI=1S/C19H22N2O2.C14H13FN2.C5H10O2/c20-19-16-3-1-2-13(16)4-5-17(19)14-6-9-21-18(12-14)23-15-7-10-22-11-8-15;15-13-8-10(6-7-17-13)12-5-4-9-2-1-3-11(9)14(12)16;6-5-1-3-7-4-2-5/h4-6,9,12,15H,1-3,7-8,10-11,20H2;4-8H,1-3,16H2;5-6H,1-4H2. The summed E-state index contributed by atoms with van der Waals surface area (Å²) in [5.41, 5.74) is 23.5. The van der Waals surface area contributed by atoms with Crippen LogP contribution in [0.15, 0.2) is 60.9 Å². The summed E-state index contributed by atoms with van der Waals surface area (Å²) in [5, 5.41) is 8.83.